The average molecular weight is 465 g/mol. The van der Waals surface area contributed by atoms with Gasteiger partial charge in [-0.05, 0) is 29.2 Å². The average Bonchev–Trinajstić information content (AvgIpc) is 3.45. The standard InChI is InChI=1S/C25H29FN6O2/c1-25(2,3)22(24(34)29-14-20-27-12-13-28-20)30-23(33)21-18-6-4-5-7-19(18)32(31-21)15-16-8-10-17(26)11-9-16/h4-11,22H,12-15H2,1-3H3,(H,27,28)(H,29,34)(H,30,33)/t22-/m1/s1. The fraction of sp³-hybridized carbons (Fsp3) is 0.360. The number of halogens is 1. The van der Waals surface area contributed by atoms with Crippen LogP contribution in [0.15, 0.2) is 53.5 Å². The molecule has 0 radical (unpaired) electrons. The molecule has 8 nitrogen and oxygen atoms in total. The van der Waals surface area contributed by atoms with Gasteiger partial charge in [-0.25, -0.2) is 4.39 Å². The lowest BCUT2D eigenvalue weighted by atomic mass is 9.86. The second-order valence-corrected chi connectivity index (χ2v) is 9.40. The van der Waals surface area contributed by atoms with Crippen LogP contribution in [0, 0.1) is 11.2 Å². The van der Waals surface area contributed by atoms with Gasteiger partial charge in [0.05, 0.1) is 25.2 Å². The molecule has 0 bridgehead atoms. The smallest absolute Gasteiger partial charge is 0.273 e. The third kappa shape index (κ3) is 5.24. The molecule has 9 heteroatoms. The summed E-state index contributed by atoms with van der Waals surface area (Å²) < 4.78 is 15.0. The van der Waals surface area contributed by atoms with Crippen LogP contribution in [0.3, 0.4) is 0 Å². The number of aromatic nitrogens is 2. The first kappa shape index (κ1) is 23.4. The first-order valence-electron chi connectivity index (χ1n) is 11.3. The van der Waals surface area contributed by atoms with Gasteiger partial charge < -0.3 is 16.0 Å². The maximum absolute atomic E-state index is 13.3. The third-order valence-corrected chi connectivity index (χ3v) is 5.70. The minimum atomic E-state index is -0.775. The van der Waals surface area contributed by atoms with Crippen LogP contribution in [0.2, 0.25) is 0 Å². The molecule has 34 heavy (non-hydrogen) atoms. The van der Waals surface area contributed by atoms with Crippen molar-refractivity contribution in [2.45, 2.75) is 33.4 Å². The lowest BCUT2D eigenvalue weighted by Gasteiger charge is -2.30. The normalized spacial score (nSPS) is 14.4. The zero-order valence-corrected chi connectivity index (χ0v) is 19.6. The second kappa shape index (κ2) is 9.62. The first-order valence-corrected chi connectivity index (χ1v) is 11.3. The van der Waals surface area contributed by atoms with Crippen molar-refractivity contribution in [2.75, 3.05) is 19.6 Å². The van der Waals surface area contributed by atoms with Gasteiger partial charge in [-0.3, -0.25) is 19.3 Å². The van der Waals surface area contributed by atoms with Gasteiger partial charge in [0, 0.05) is 11.9 Å². The monoisotopic (exact) mass is 464 g/mol. The lowest BCUT2D eigenvalue weighted by Crippen LogP contribution is -2.54. The van der Waals surface area contributed by atoms with Gasteiger partial charge in [0.2, 0.25) is 5.91 Å². The number of hydrogen-bond donors (Lipinski definition) is 3. The highest BCUT2D eigenvalue weighted by atomic mass is 19.1. The maximum Gasteiger partial charge on any atom is 0.273 e. The molecular weight excluding hydrogens is 435 g/mol. The molecule has 2 heterocycles. The maximum atomic E-state index is 13.3. The Labute approximate surface area is 197 Å². The quantitative estimate of drug-likeness (QED) is 0.500. The van der Waals surface area contributed by atoms with E-state index in [9.17, 15) is 14.0 Å². The third-order valence-electron chi connectivity index (χ3n) is 5.70. The number of amidine groups is 1. The second-order valence-electron chi connectivity index (χ2n) is 9.40. The Hall–Kier alpha value is -3.75. The molecule has 0 aliphatic carbocycles. The minimum Gasteiger partial charge on any atom is -0.370 e. The molecule has 0 saturated heterocycles. The molecule has 2 aromatic carbocycles. The zero-order valence-electron chi connectivity index (χ0n) is 19.6. The van der Waals surface area contributed by atoms with Gasteiger partial charge in [-0.2, -0.15) is 5.10 Å². The van der Waals surface area contributed by atoms with Crippen LogP contribution in [0.5, 0.6) is 0 Å². The molecule has 2 amide bonds. The number of carbonyl (C=O) groups excluding carboxylic acids is 2. The van der Waals surface area contributed by atoms with Gasteiger partial charge in [-0.15, -0.1) is 0 Å². The lowest BCUT2D eigenvalue weighted by molar-refractivity contribution is -0.125. The number of nitrogens with zero attached hydrogens (tertiary/aromatic N) is 3. The van der Waals surface area contributed by atoms with Crippen LogP contribution in [0.25, 0.3) is 10.9 Å². The van der Waals surface area contributed by atoms with Crippen molar-refractivity contribution < 1.29 is 14.0 Å². The summed E-state index contributed by atoms with van der Waals surface area (Å²) in [6.07, 6.45) is 0. The highest BCUT2D eigenvalue weighted by Crippen LogP contribution is 2.23. The van der Waals surface area contributed by atoms with Crippen molar-refractivity contribution in [1.29, 1.82) is 0 Å². The van der Waals surface area contributed by atoms with Crippen molar-refractivity contribution in [1.82, 2.24) is 25.7 Å². The van der Waals surface area contributed by atoms with Crippen LogP contribution >= 0.6 is 0 Å². The Bertz CT molecular complexity index is 1230. The zero-order chi connectivity index (χ0) is 24.3. The number of fused-ring (bicyclic) bond motifs is 1. The van der Waals surface area contributed by atoms with E-state index in [1.807, 2.05) is 45.0 Å². The molecule has 1 aliphatic rings. The molecule has 1 aromatic heterocycles. The summed E-state index contributed by atoms with van der Waals surface area (Å²) in [5.74, 6) is -0.290. The van der Waals surface area contributed by atoms with Gasteiger partial charge in [0.15, 0.2) is 5.69 Å². The largest absolute Gasteiger partial charge is 0.370 e. The summed E-state index contributed by atoms with van der Waals surface area (Å²) in [5.41, 5.74) is 1.34. The number of amides is 2. The Kier molecular flexibility index (Phi) is 6.63. The number of hydrogen-bond acceptors (Lipinski definition) is 5. The first-order chi connectivity index (χ1) is 16.2. The fourth-order valence-electron chi connectivity index (χ4n) is 3.89. The van der Waals surface area contributed by atoms with E-state index in [4.69, 9.17) is 0 Å². The van der Waals surface area contributed by atoms with Crippen LogP contribution in [-0.2, 0) is 11.3 Å². The van der Waals surface area contributed by atoms with E-state index < -0.39 is 17.4 Å². The van der Waals surface area contributed by atoms with Crippen molar-refractivity contribution in [2.24, 2.45) is 10.4 Å². The van der Waals surface area contributed by atoms with Crippen molar-refractivity contribution >= 4 is 28.6 Å². The molecule has 4 rings (SSSR count). The van der Waals surface area contributed by atoms with Crippen molar-refractivity contribution in [3.8, 4) is 0 Å². The molecule has 3 aromatic rings. The number of para-hydroxylation sites is 1. The van der Waals surface area contributed by atoms with Crippen molar-refractivity contribution in [3.05, 3.63) is 65.6 Å². The van der Waals surface area contributed by atoms with Crippen LogP contribution < -0.4 is 16.0 Å². The molecule has 0 spiro atoms. The molecular formula is C25H29FN6O2. The summed E-state index contributed by atoms with van der Waals surface area (Å²) in [5, 5.41) is 14.1. The minimum absolute atomic E-state index is 0.238. The topological polar surface area (TPSA) is 100 Å². The summed E-state index contributed by atoms with van der Waals surface area (Å²) in [6, 6.07) is 12.8. The Morgan fingerprint density at radius 3 is 2.56 bits per heavy atom. The van der Waals surface area contributed by atoms with Crippen LogP contribution in [0.4, 0.5) is 4.39 Å². The van der Waals surface area contributed by atoms with Crippen molar-refractivity contribution in [3.63, 3.8) is 0 Å². The summed E-state index contributed by atoms with van der Waals surface area (Å²) in [4.78, 5) is 30.6. The SMILES string of the molecule is CC(C)(C)[C@H](NC(=O)c1nn(Cc2ccc(F)cc2)c2ccccc12)C(=O)NCC1=NCCN1. The number of aliphatic imine (C=N–C) groups is 1. The predicted octanol–water partition coefficient (Wildman–Crippen LogP) is 2.49. The number of nitrogens with one attached hydrogen (secondary N) is 3. The van der Waals surface area contributed by atoms with E-state index in [0.29, 0.717) is 18.5 Å². The number of benzene rings is 2. The van der Waals surface area contributed by atoms with E-state index in [1.54, 1.807) is 16.8 Å². The van der Waals surface area contributed by atoms with Crippen LogP contribution in [0.1, 0.15) is 36.8 Å². The highest BCUT2D eigenvalue weighted by Gasteiger charge is 2.34. The molecule has 0 unspecified atom stereocenters. The molecule has 3 N–H and O–H groups in total. The summed E-state index contributed by atoms with van der Waals surface area (Å²) >= 11 is 0. The van der Waals surface area contributed by atoms with Crippen LogP contribution in [-0.4, -0.2) is 53.1 Å². The Morgan fingerprint density at radius 1 is 1.15 bits per heavy atom. The molecule has 1 atom stereocenters. The molecule has 1 aliphatic heterocycles. The highest BCUT2D eigenvalue weighted by molar-refractivity contribution is 6.06. The molecule has 178 valence electrons. The van der Waals surface area contributed by atoms with E-state index in [2.05, 4.69) is 26.0 Å². The predicted molar refractivity (Wildman–Crippen MR) is 129 cm³/mol. The molecule has 0 fully saturated rings. The molecule has 0 saturated carbocycles. The van der Waals surface area contributed by atoms with E-state index in [-0.39, 0.29) is 24.0 Å². The van der Waals surface area contributed by atoms with Gasteiger partial charge in [-0.1, -0.05) is 51.1 Å². The summed E-state index contributed by atoms with van der Waals surface area (Å²) in [6.45, 7) is 7.82. The number of carbonyl (C=O) groups is 2. The van der Waals surface area contributed by atoms with Gasteiger partial charge in [0.25, 0.3) is 5.91 Å². The van der Waals surface area contributed by atoms with E-state index >= 15 is 0 Å². The van der Waals surface area contributed by atoms with E-state index in [0.717, 1.165) is 23.5 Å². The van der Waals surface area contributed by atoms with E-state index in [1.165, 1.54) is 12.1 Å². The van der Waals surface area contributed by atoms with Gasteiger partial charge >= 0.3 is 0 Å². The Morgan fingerprint density at radius 2 is 1.88 bits per heavy atom. The Balaban J connectivity index is 1.56. The van der Waals surface area contributed by atoms with Gasteiger partial charge in [0.1, 0.15) is 17.7 Å². The fourth-order valence-corrected chi connectivity index (χ4v) is 3.89. The number of rotatable bonds is 7. The summed E-state index contributed by atoms with van der Waals surface area (Å²) in [7, 11) is 0.